The third kappa shape index (κ3) is 6.66. The molecule has 0 aliphatic carbocycles. The number of furan rings is 1. The van der Waals surface area contributed by atoms with E-state index in [1.165, 1.54) is 0 Å². The fourth-order valence-corrected chi connectivity index (χ4v) is 7.59. The fourth-order valence-electron chi connectivity index (χ4n) is 7.59. The number of likely N-dealkylation sites (N-methyl/N-ethyl adjacent to an activating group) is 1. The maximum atomic E-state index is 13.0. The first-order chi connectivity index (χ1) is 27.0. The van der Waals surface area contributed by atoms with Gasteiger partial charge in [0.05, 0.1) is 46.9 Å². The highest BCUT2D eigenvalue weighted by Crippen LogP contribution is 2.42. The van der Waals surface area contributed by atoms with Gasteiger partial charge in [0.15, 0.2) is 5.76 Å². The Morgan fingerprint density at radius 3 is 2.57 bits per heavy atom. The van der Waals surface area contributed by atoms with Crippen molar-refractivity contribution in [2.24, 2.45) is 7.05 Å². The van der Waals surface area contributed by atoms with Gasteiger partial charge in [0.25, 0.3) is 11.5 Å². The number of aromatic nitrogens is 3. The fraction of sp³-hybridized carbons (Fsp3) is 0.273. The molecular weight excluding hydrogens is 707 g/mol. The summed E-state index contributed by atoms with van der Waals surface area (Å²) in [6, 6.07) is 19.2. The second-order valence-electron chi connectivity index (χ2n) is 14.7. The predicted molar refractivity (Wildman–Crippen MR) is 216 cm³/mol. The molecule has 0 bridgehead atoms. The number of nitrogens with one attached hydrogen (secondary N) is 2. The summed E-state index contributed by atoms with van der Waals surface area (Å²) in [5.41, 5.74) is 8.94. The lowest BCUT2D eigenvalue weighted by molar-refractivity contribution is -0.134. The average molecular weight is 748 g/mol. The van der Waals surface area contributed by atoms with Crippen LogP contribution in [0.2, 0.25) is 0 Å². The van der Waals surface area contributed by atoms with Crippen molar-refractivity contribution in [3.8, 4) is 23.1 Å². The summed E-state index contributed by atoms with van der Waals surface area (Å²) in [5.74, 6) is 5.18. The summed E-state index contributed by atoms with van der Waals surface area (Å²) in [6.45, 7) is 7.79. The van der Waals surface area contributed by atoms with Crippen molar-refractivity contribution in [1.82, 2.24) is 25.2 Å². The number of nitrogens with zero attached hydrogens (tertiary/aromatic N) is 5. The Balaban J connectivity index is 0.978. The number of pyridine rings is 3. The molecule has 0 radical (unpaired) electrons. The second kappa shape index (κ2) is 14.5. The number of carbonyl (C=O) groups excluding carboxylic acids is 3. The van der Waals surface area contributed by atoms with E-state index in [-0.39, 0.29) is 47.9 Å². The Kier molecular flexibility index (Phi) is 9.38. The van der Waals surface area contributed by atoms with Crippen molar-refractivity contribution in [2.45, 2.75) is 45.4 Å². The molecule has 282 valence electrons. The predicted octanol–water partition coefficient (Wildman–Crippen LogP) is 6.06. The molecule has 0 spiro atoms. The minimum atomic E-state index is -0.439. The van der Waals surface area contributed by atoms with Crippen molar-refractivity contribution in [1.29, 1.82) is 0 Å². The average Bonchev–Trinajstić information content (AvgIpc) is 3.62. The zero-order valence-corrected chi connectivity index (χ0v) is 31.9. The Bertz CT molecular complexity index is 2700. The number of rotatable bonds is 6. The first kappa shape index (κ1) is 36.2. The normalized spacial score (nSPS) is 15.5. The van der Waals surface area contributed by atoms with Gasteiger partial charge in [-0.1, -0.05) is 31.9 Å². The highest BCUT2D eigenvalue weighted by molar-refractivity contribution is 6.03. The molecule has 2 aliphatic heterocycles. The molecule has 6 aromatic rings. The lowest BCUT2D eigenvalue weighted by atomic mass is 9.88. The summed E-state index contributed by atoms with van der Waals surface area (Å²) in [7, 11) is 3.90. The molecule has 1 fully saturated rings. The van der Waals surface area contributed by atoms with Crippen LogP contribution in [0.5, 0.6) is 0 Å². The Hall–Kier alpha value is -6.74. The quantitative estimate of drug-likeness (QED) is 0.154. The number of hydrogen-bond acceptors (Lipinski definition) is 9. The van der Waals surface area contributed by atoms with Crippen molar-refractivity contribution in [3.05, 3.63) is 112 Å². The largest absolute Gasteiger partial charge is 0.448 e. The van der Waals surface area contributed by atoms with E-state index >= 15 is 0 Å². The maximum Gasteiger partial charge on any atom is 0.270 e. The highest BCUT2D eigenvalue weighted by Gasteiger charge is 2.30. The van der Waals surface area contributed by atoms with Crippen LogP contribution in [-0.4, -0.2) is 58.9 Å². The van der Waals surface area contributed by atoms with Crippen LogP contribution < -0.4 is 26.0 Å². The first-order valence-corrected chi connectivity index (χ1v) is 18.7. The van der Waals surface area contributed by atoms with E-state index in [2.05, 4.69) is 76.4 Å². The van der Waals surface area contributed by atoms with Crippen LogP contribution in [0.25, 0.3) is 33.1 Å². The van der Waals surface area contributed by atoms with E-state index in [1.54, 1.807) is 29.0 Å². The van der Waals surface area contributed by atoms with Gasteiger partial charge in [-0.3, -0.25) is 34.5 Å². The number of piperidine rings is 1. The molecule has 2 N–H and O–H groups in total. The van der Waals surface area contributed by atoms with E-state index < -0.39 is 5.92 Å². The van der Waals surface area contributed by atoms with Gasteiger partial charge in [-0.2, -0.15) is 0 Å². The summed E-state index contributed by atoms with van der Waals surface area (Å²) < 4.78 is 7.64. The van der Waals surface area contributed by atoms with E-state index in [4.69, 9.17) is 9.40 Å². The van der Waals surface area contributed by atoms with Gasteiger partial charge in [0.2, 0.25) is 11.8 Å². The third-order valence-corrected chi connectivity index (χ3v) is 10.8. The molecule has 12 nitrogen and oxygen atoms in total. The monoisotopic (exact) mass is 747 g/mol. The molecule has 12 heteroatoms. The SMILES string of the molecule is Cc1cc2c(N3CCN(C)c4cc(-c5ccc(C(=O)NCC#Cc6cc7c(C8CCC(=O)NC8=O)cccc7o6)nc5)ncc43)cc(C(C)C)cc2n(C)c1=O. The van der Waals surface area contributed by atoms with Gasteiger partial charge in [-0.25, -0.2) is 0 Å². The molecule has 0 saturated carbocycles. The minimum Gasteiger partial charge on any atom is -0.448 e. The summed E-state index contributed by atoms with van der Waals surface area (Å²) >= 11 is 0. The second-order valence-corrected chi connectivity index (χ2v) is 14.7. The summed E-state index contributed by atoms with van der Waals surface area (Å²) in [4.78, 5) is 63.8. The lowest BCUT2D eigenvalue weighted by Crippen LogP contribution is -2.39. The molecule has 3 amide bonds. The molecule has 1 saturated heterocycles. The van der Waals surface area contributed by atoms with Crippen molar-refractivity contribution in [2.75, 3.05) is 36.5 Å². The third-order valence-electron chi connectivity index (χ3n) is 10.8. The van der Waals surface area contributed by atoms with Crippen molar-refractivity contribution in [3.63, 3.8) is 0 Å². The maximum absolute atomic E-state index is 13.0. The number of carbonyl (C=O) groups is 3. The Morgan fingerprint density at radius 2 is 1.80 bits per heavy atom. The Labute approximate surface area is 323 Å². The standard InChI is InChI=1S/C44H41N7O5/c1-25(2)28-19-36-33(18-26(3)44(55)50(36)5)37(20-28)51-17-16-49(4)38-22-35(47-24-39(38)51)27-11-13-34(46-23-27)43(54)45-15-7-8-29-21-32-30(9-6-10-40(32)56-29)31-12-14-41(52)48-42(31)53/h6,9-11,13,18-25,31H,12,14-17H2,1-5H3,(H,45,54)(H,48,52,53). The van der Waals surface area contributed by atoms with Crippen LogP contribution >= 0.6 is 0 Å². The van der Waals surface area contributed by atoms with Gasteiger partial charge >= 0.3 is 0 Å². The van der Waals surface area contributed by atoms with E-state index in [0.717, 1.165) is 68.8 Å². The van der Waals surface area contributed by atoms with E-state index in [1.807, 2.05) is 44.4 Å². The van der Waals surface area contributed by atoms with Gasteiger partial charge in [-0.15, -0.1) is 0 Å². The van der Waals surface area contributed by atoms with Crippen LogP contribution in [-0.2, 0) is 16.6 Å². The molecular formula is C44H41N7O5. The first-order valence-electron chi connectivity index (χ1n) is 18.7. The molecule has 4 aromatic heterocycles. The van der Waals surface area contributed by atoms with Crippen LogP contribution in [0, 0.1) is 18.8 Å². The minimum absolute atomic E-state index is 0.00355. The molecule has 2 aliphatic rings. The van der Waals surface area contributed by atoms with Gasteiger partial charge in [0, 0.05) is 67.8 Å². The number of amides is 3. The Morgan fingerprint density at radius 1 is 0.964 bits per heavy atom. The molecule has 8 rings (SSSR count). The smallest absolute Gasteiger partial charge is 0.270 e. The van der Waals surface area contributed by atoms with Crippen LogP contribution in [0.1, 0.15) is 71.5 Å². The molecule has 2 aromatic carbocycles. The lowest BCUT2D eigenvalue weighted by Gasteiger charge is -2.38. The zero-order valence-electron chi connectivity index (χ0n) is 31.9. The summed E-state index contributed by atoms with van der Waals surface area (Å²) in [5, 5.41) is 6.99. The molecule has 6 heterocycles. The topological polar surface area (TPSA) is 143 Å². The van der Waals surface area contributed by atoms with Crippen LogP contribution in [0.4, 0.5) is 17.1 Å². The molecule has 56 heavy (non-hydrogen) atoms. The number of anilines is 3. The highest BCUT2D eigenvalue weighted by atomic mass is 16.3. The van der Waals surface area contributed by atoms with Crippen molar-refractivity contribution < 1.29 is 18.8 Å². The number of hydrogen-bond donors (Lipinski definition) is 2. The number of benzene rings is 2. The number of imide groups is 1. The van der Waals surface area contributed by atoms with Gasteiger partial charge < -0.3 is 24.1 Å². The molecule has 1 unspecified atom stereocenters. The van der Waals surface area contributed by atoms with Gasteiger partial charge in [-0.05, 0) is 78.8 Å². The number of fused-ring (bicyclic) bond motifs is 3. The zero-order chi connectivity index (χ0) is 39.2. The van der Waals surface area contributed by atoms with Crippen LogP contribution in [0.15, 0.2) is 82.3 Å². The number of aryl methyl sites for hydroxylation is 2. The van der Waals surface area contributed by atoms with E-state index in [9.17, 15) is 19.2 Å². The summed E-state index contributed by atoms with van der Waals surface area (Å²) in [6.07, 6.45) is 4.26. The van der Waals surface area contributed by atoms with Gasteiger partial charge in [0.1, 0.15) is 11.3 Å². The van der Waals surface area contributed by atoms with Crippen molar-refractivity contribution >= 4 is 56.7 Å². The molecule has 1 atom stereocenters. The van der Waals surface area contributed by atoms with E-state index in [0.29, 0.717) is 23.3 Å². The van der Waals surface area contributed by atoms with Crippen LogP contribution in [0.3, 0.4) is 0 Å².